The molecule has 1 saturated heterocycles. The predicted octanol–water partition coefficient (Wildman–Crippen LogP) is 1.58. The molecule has 0 saturated carbocycles. The van der Waals surface area contributed by atoms with Gasteiger partial charge >= 0.3 is 0 Å². The number of nitrogens with zero attached hydrogens (tertiary/aromatic N) is 3. The molecular weight excluding hydrogens is 222 g/mol. The minimum absolute atomic E-state index is 0.190. The van der Waals surface area contributed by atoms with Gasteiger partial charge in [-0.05, 0) is 18.1 Å². The molecule has 1 aromatic rings. The van der Waals surface area contributed by atoms with E-state index in [0.717, 1.165) is 31.0 Å². The summed E-state index contributed by atoms with van der Waals surface area (Å²) in [4.78, 5) is 13.6. The van der Waals surface area contributed by atoms with E-state index in [1.165, 1.54) is 0 Å². The molecule has 1 unspecified atom stereocenters. The number of anilines is 1. The number of carbonyl (C=O) groups is 1. The molecule has 0 radical (unpaired) electrons. The monoisotopic (exact) mass is 239 g/mol. The van der Waals surface area contributed by atoms with E-state index in [1.54, 1.807) is 6.20 Å². The Morgan fingerprint density at radius 3 is 3.06 bits per heavy atom. The Kier molecular flexibility index (Phi) is 3.53. The van der Waals surface area contributed by atoms with Crippen molar-refractivity contribution in [2.75, 3.05) is 17.2 Å². The molecular formula is C11H17N3OS. The zero-order valence-corrected chi connectivity index (χ0v) is 10.4. The predicted molar refractivity (Wildman–Crippen MR) is 66.8 cm³/mol. The molecule has 1 aromatic heterocycles. The number of aromatic nitrogens is 2. The summed E-state index contributed by atoms with van der Waals surface area (Å²) in [5.74, 6) is 1.34. The molecule has 0 aliphatic carbocycles. The minimum Gasteiger partial charge on any atom is -0.309 e. The smallest absolute Gasteiger partial charge is 0.227 e. The SMILES string of the molecule is CCCn1cc(N2CC(CS)CC2=O)cn1. The average Bonchev–Trinajstić information content (AvgIpc) is 2.85. The van der Waals surface area contributed by atoms with Crippen LogP contribution in [0.4, 0.5) is 5.69 Å². The van der Waals surface area contributed by atoms with Gasteiger partial charge in [0.05, 0.1) is 11.9 Å². The Hall–Kier alpha value is -0.970. The van der Waals surface area contributed by atoms with Crippen LogP contribution >= 0.6 is 12.6 Å². The van der Waals surface area contributed by atoms with E-state index in [4.69, 9.17) is 0 Å². The van der Waals surface area contributed by atoms with E-state index in [0.29, 0.717) is 12.3 Å². The maximum absolute atomic E-state index is 11.8. The summed E-state index contributed by atoms with van der Waals surface area (Å²) in [6.07, 6.45) is 5.38. The van der Waals surface area contributed by atoms with Gasteiger partial charge in [0.25, 0.3) is 0 Å². The van der Waals surface area contributed by atoms with Gasteiger partial charge in [-0.2, -0.15) is 17.7 Å². The second-order valence-electron chi connectivity index (χ2n) is 4.22. The molecule has 1 aliphatic rings. The second kappa shape index (κ2) is 4.91. The first-order valence-electron chi connectivity index (χ1n) is 5.68. The van der Waals surface area contributed by atoms with Crippen molar-refractivity contribution in [3.8, 4) is 0 Å². The van der Waals surface area contributed by atoms with Crippen LogP contribution in [0.25, 0.3) is 0 Å². The molecule has 1 amide bonds. The van der Waals surface area contributed by atoms with E-state index >= 15 is 0 Å². The van der Waals surface area contributed by atoms with Crippen molar-refractivity contribution >= 4 is 24.2 Å². The van der Waals surface area contributed by atoms with Crippen LogP contribution < -0.4 is 4.90 Å². The molecule has 2 heterocycles. The molecule has 16 heavy (non-hydrogen) atoms. The number of amides is 1. The third-order valence-corrected chi connectivity index (χ3v) is 3.36. The highest BCUT2D eigenvalue weighted by Gasteiger charge is 2.30. The highest BCUT2D eigenvalue weighted by molar-refractivity contribution is 7.80. The molecule has 0 aromatic carbocycles. The lowest BCUT2D eigenvalue weighted by molar-refractivity contribution is -0.117. The van der Waals surface area contributed by atoms with Gasteiger partial charge in [0.15, 0.2) is 0 Å². The number of hydrogen-bond acceptors (Lipinski definition) is 3. The number of rotatable bonds is 4. The Labute approximate surface area is 101 Å². The van der Waals surface area contributed by atoms with Gasteiger partial charge in [0, 0.05) is 25.7 Å². The normalized spacial score (nSPS) is 20.8. The van der Waals surface area contributed by atoms with E-state index in [9.17, 15) is 4.79 Å². The average molecular weight is 239 g/mol. The van der Waals surface area contributed by atoms with E-state index in [1.807, 2.05) is 15.8 Å². The molecule has 4 nitrogen and oxygen atoms in total. The molecule has 0 spiro atoms. The number of carbonyl (C=O) groups excluding carboxylic acids is 1. The van der Waals surface area contributed by atoms with E-state index in [2.05, 4.69) is 24.7 Å². The molecule has 1 fully saturated rings. The number of aryl methyl sites for hydroxylation is 1. The summed E-state index contributed by atoms with van der Waals surface area (Å²) >= 11 is 4.25. The van der Waals surface area contributed by atoms with Crippen LogP contribution in [0, 0.1) is 5.92 Å². The lowest BCUT2D eigenvalue weighted by Gasteiger charge is -2.13. The summed E-state index contributed by atoms with van der Waals surface area (Å²) in [5.41, 5.74) is 0.919. The number of hydrogen-bond donors (Lipinski definition) is 1. The highest BCUT2D eigenvalue weighted by Crippen LogP contribution is 2.25. The van der Waals surface area contributed by atoms with Crippen LogP contribution in [0.1, 0.15) is 19.8 Å². The zero-order chi connectivity index (χ0) is 11.5. The second-order valence-corrected chi connectivity index (χ2v) is 4.58. The van der Waals surface area contributed by atoms with Gasteiger partial charge < -0.3 is 4.90 Å². The standard InChI is InChI=1S/C11H17N3OS/c1-2-3-13-7-10(5-12-13)14-6-9(8-16)4-11(14)15/h5,7,9,16H,2-4,6,8H2,1H3. The van der Waals surface area contributed by atoms with Crippen molar-refractivity contribution in [3.05, 3.63) is 12.4 Å². The maximum atomic E-state index is 11.8. The van der Waals surface area contributed by atoms with Crippen LogP contribution in [0.2, 0.25) is 0 Å². The van der Waals surface area contributed by atoms with Crippen molar-refractivity contribution in [1.29, 1.82) is 0 Å². The molecule has 0 N–H and O–H groups in total. The highest BCUT2D eigenvalue weighted by atomic mass is 32.1. The summed E-state index contributed by atoms with van der Waals surface area (Å²) in [6.45, 7) is 3.79. The maximum Gasteiger partial charge on any atom is 0.227 e. The fourth-order valence-electron chi connectivity index (χ4n) is 2.00. The third kappa shape index (κ3) is 2.24. The quantitative estimate of drug-likeness (QED) is 0.810. The van der Waals surface area contributed by atoms with Gasteiger partial charge in [-0.15, -0.1) is 0 Å². The first kappa shape index (κ1) is 11.5. The lowest BCUT2D eigenvalue weighted by Crippen LogP contribution is -2.24. The third-order valence-electron chi connectivity index (χ3n) is 2.85. The molecule has 0 bridgehead atoms. The Bertz CT molecular complexity index is 377. The van der Waals surface area contributed by atoms with Crippen LogP contribution in [-0.4, -0.2) is 28.0 Å². The summed E-state index contributed by atoms with van der Waals surface area (Å²) in [5, 5.41) is 4.24. The van der Waals surface area contributed by atoms with Gasteiger partial charge in [0.1, 0.15) is 0 Å². The lowest BCUT2D eigenvalue weighted by atomic mass is 10.1. The van der Waals surface area contributed by atoms with Crippen molar-refractivity contribution in [2.24, 2.45) is 5.92 Å². The molecule has 88 valence electrons. The first-order chi connectivity index (χ1) is 7.74. The largest absolute Gasteiger partial charge is 0.309 e. The Morgan fingerprint density at radius 2 is 2.44 bits per heavy atom. The van der Waals surface area contributed by atoms with Gasteiger partial charge in [-0.3, -0.25) is 9.48 Å². The van der Waals surface area contributed by atoms with Crippen LogP contribution in [-0.2, 0) is 11.3 Å². The van der Waals surface area contributed by atoms with Gasteiger partial charge in [0.2, 0.25) is 5.91 Å². The fourth-order valence-corrected chi connectivity index (χ4v) is 2.24. The molecule has 1 atom stereocenters. The summed E-state index contributed by atoms with van der Waals surface area (Å²) in [7, 11) is 0. The van der Waals surface area contributed by atoms with E-state index in [-0.39, 0.29) is 5.91 Å². The van der Waals surface area contributed by atoms with Crippen molar-refractivity contribution in [2.45, 2.75) is 26.3 Å². The first-order valence-corrected chi connectivity index (χ1v) is 6.31. The van der Waals surface area contributed by atoms with Crippen LogP contribution in [0.5, 0.6) is 0 Å². The van der Waals surface area contributed by atoms with E-state index < -0.39 is 0 Å². The minimum atomic E-state index is 0.190. The Morgan fingerprint density at radius 1 is 1.62 bits per heavy atom. The summed E-state index contributed by atoms with van der Waals surface area (Å²) in [6, 6.07) is 0. The van der Waals surface area contributed by atoms with Crippen LogP contribution in [0.3, 0.4) is 0 Å². The van der Waals surface area contributed by atoms with Gasteiger partial charge in [-0.25, -0.2) is 0 Å². The van der Waals surface area contributed by atoms with Crippen molar-refractivity contribution in [1.82, 2.24) is 9.78 Å². The fraction of sp³-hybridized carbons (Fsp3) is 0.636. The van der Waals surface area contributed by atoms with Gasteiger partial charge in [-0.1, -0.05) is 6.92 Å². The Balaban J connectivity index is 2.09. The topological polar surface area (TPSA) is 38.1 Å². The molecule has 2 rings (SSSR count). The molecule has 1 aliphatic heterocycles. The van der Waals surface area contributed by atoms with Crippen molar-refractivity contribution in [3.63, 3.8) is 0 Å². The van der Waals surface area contributed by atoms with Crippen LogP contribution in [0.15, 0.2) is 12.4 Å². The van der Waals surface area contributed by atoms with Crippen molar-refractivity contribution < 1.29 is 4.79 Å². The number of thiol groups is 1. The zero-order valence-electron chi connectivity index (χ0n) is 9.46. The molecule has 5 heteroatoms. The summed E-state index contributed by atoms with van der Waals surface area (Å²) < 4.78 is 1.89.